The fraction of sp³-hybridized carbons (Fsp3) is 1.00. The molecule has 0 bridgehead atoms. The van der Waals surface area contributed by atoms with Crippen LogP contribution in [0.25, 0.3) is 0 Å². The maximum absolute atomic E-state index is 3.51. The summed E-state index contributed by atoms with van der Waals surface area (Å²) in [5, 5.41) is 3.51. The lowest BCUT2D eigenvalue weighted by Crippen LogP contribution is -2.53. The Morgan fingerprint density at radius 1 is 0.955 bits per heavy atom. The molecule has 0 aromatic carbocycles. The molecule has 2 aliphatic rings. The van der Waals surface area contributed by atoms with Gasteiger partial charge in [0.1, 0.15) is 0 Å². The topological polar surface area (TPSA) is 21.8 Å². The van der Waals surface area contributed by atoms with Gasteiger partial charge >= 0.3 is 0 Å². The zero-order chi connectivity index (χ0) is 16.4. The number of likely N-dealkylation sites (tertiary alicyclic amines) is 1. The summed E-state index contributed by atoms with van der Waals surface area (Å²) in [6, 6.07) is 1.48. The van der Waals surface area contributed by atoms with Gasteiger partial charge in [-0.15, -0.1) is 0 Å². The Bertz CT molecular complexity index is 254. The molecule has 0 spiro atoms. The second-order valence-corrected chi connectivity index (χ2v) is 6.87. The summed E-state index contributed by atoms with van der Waals surface area (Å²) < 4.78 is 0. The third-order valence-electron chi connectivity index (χ3n) is 4.82. The lowest BCUT2D eigenvalue weighted by molar-refractivity contribution is 0.0642. The van der Waals surface area contributed by atoms with E-state index in [1.807, 2.05) is 13.8 Å². The van der Waals surface area contributed by atoms with Gasteiger partial charge < -0.3 is 15.1 Å². The molecule has 132 valence electrons. The molecular weight excluding hydrogens is 272 g/mol. The number of hydrogen-bond donors (Lipinski definition) is 1. The Balaban J connectivity index is 0.00000116. The lowest BCUT2D eigenvalue weighted by Gasteiger charge is -2.42. The minimum Gasteiger partial charge on any atom is -0.314 e. The summed E-state index contributed by atoms with van der Waals surface area (Å²) in [4.78, 5) is 7.86. The molecule has 4 nitrogen and oxygen atoms in total. The first-order chi connectivity index (χ1) is 10.6. The van der Waals surface area contributed by atoms with Crippen LogP contribution in [0, 0.1) is 0 Å². The minimum absolute atomic E-state index is 0.622. The van der Waals surface area contributed by atoms with Crippen LogP contribution in [0.15, 0.2) is 0 Å². The molecule has 2 fully saturated rings. The Labute approximate surface area is 139 Å². The summed E-state index contributed by atoms with van der Waals surface area (Å²) in [7, 11) is 2.25. The fourth-order valence-electron chi connectivity index (χ4n) is 3.41. The second-order valence-electron chi connectivity index (χ2n) is 6.87. The fourth-order valence-corrected chi connectivity index (χ4v) is 3.41. The predicted molar refractivity (Wildman–Crippen MR) is 97.6 cm³/mol. The number of piperazine rings is 1. The molecule has 1 N–H and O–H groups in total. The highest BCUT2D eigenvalue weighted by molar-refractivity contribution is 4.82. The summed E-state index contributed by atoms with van der Waals surface area (Å²) in [6.07, 6.45) is 4.02. The van der Waals surface area contributed by atoms with Gasteiger partial charge in [-0.1, -0.05) is 27.7 Å². The van der Waals surface area contributed by atoms with Crippen molar-refractivity contribution >= 4 is 0 Å². The van der Waals surface area contributed by atoms with Crippen molar-refractivity contribution in [3.8, 4) is 0 Å². The van der Waals surface area contributed by atoms with Crippen LogP contribution in [0.3, 0.4) is 0 Å². The van der Waals surface area contributed by atoms with Gasteiger partial charge in [0.2, 0.25) is 0 Å². The van der Waals surface area contributed by atoms with E-state index < -0.39 is 0 Å². The van der Waals surface area contributed by atoms with Crippen molar-refractivity contribution in [2.24, 2.45) is 0 Å². The van der Waals surface area contributed by atoms with Gasteiger partial charge in [0.05, 0.1) is 0 Å². The monoisotopic (exact) mass is 312 g/mol. The van der Waals surface area contributed by atoms with E-state index in [-0.39, 0.29) is 0 Å². The van der Waals surface area contributed by atoms with Gasteiger partial charge in [-0.3, -0.25) is 4.90 Å². The maximum atomic E-state index is 3.51. The van der Waals surface area contributed by atoms with Crippen LogP contribution >= 0.6 is 0 Å². The number of nitrogens with zero attached hydrogens (tertiary/aromatic N) is 3. The molecule has 2 saturated heterocycles. The van der Waals surface area contributed by atoms with Crippen molar-refractivity contribution in [2.75, 3.05) is 59.4 Å². The van der Waals surface area contributed by atoms with Crippen molar-refractivity contribution in [1.29, 1.82) is 0 Å². The molecule has 0 amide bonds. The smallest absolute Gasteiger partial charge is 0.0121 e. The van der Waals surface area contributed by atoms with E-state index in [2.05, 4.69) is 40.9 Å². The molecule has 2 rings (SSSR count). The highest BCUT2D eigenvalue weighted by Crippen LogP contribution is 2.17. The van der Waals surface area contributed by atoms with E-state index in [1.165, 1.54) is 65.1 Å². The summed E-state index contributed by atoms with van der Waals surface area (Å²) >= 11 is 0. The van der Waals surface area contributed by atoms with Crippen LogP contribution in [-0.4, -0.2) is 86.2 Å². The van der Waals surface area contributed by atoms with Crippen LogP contribution in [0.4, 0.5) is 0 Å². The van der Waals surface area contributed by atoms with Gasteiger partial charge in [0, 0.05) is 38.3 Å². The van der Waals surface area contributed by atoms with Crippen molar-refractivity contribution < 1.29 is 0 Å². The number of nitrogens with one attached hydrogen (secondary N) is 1. The highest BCUT2D eigenvalue weighted by atomic mass is 15.3. The SMILES string of the molecule is CC.CC(C)NCCCN1CCN(C2CCN(C)CC2)CC1. The van der Waals surface area contributed by atoms with E-state index in [4.69, 9.17) is 0 Å². The summed E-state index contributed by atoms with van der Waals surface area (Å²) in [5.74, 6) is 0. The highest BCUT2D eigenvalue weighted by Gasteiger charge is 2.26. The van der Waals surface area contributed by atoms with E-state index in [9.17, 15) is 0 Å². The molecule has 0 unspecified atom stereocenters. The Morgan fingerprint density at radius 3 is 2.09 bits per heavy atom. The zero-order valence-electron chi connectivity index (χ0n) is 15.8. The Morgan fingerprint density at radius 2 is 1.55 bits per heavy atom. The second kappa shape index (κ2) is 11.4. The number of rotatable bonds is 6. The molecule has 22 heavy (non-hydrogen) atoms. The molecule has 4 heteroatoms. The zero-order valence-corrected chi connectivity index (χ0v) is 15.8. The molecule has 0 radical (unpaired) electrons. The van der Waals surface area contributed by atoms with Crippen LogP contribution in [0.2, 0.25) is 0 Å². The van der Waals surface area contributed by atoms with Crippen LogP contribution in [0.1, 0.15) is 47.0 Å². The first kappa shape index (κ1) is 19.9. The van der Waals surface area contributed by atoms with Gasteiger partial charge in [0.15, 0.2) is 0 Å². The first-order valence-corrected chi connectivity index (χ1v) is 9.53. The molecule has 2 aliphatic heterocycles. The van der Waals surface area contributed by atoms with E-state index in [0.29, 0.717) is 6.04 Å². The normalized spacial score (nSPS) is 22.6. The van der Waals surface area contributed by atoms with Crippen molar-refractivity contribution in [1.82, 2.24) is 20.0 Å². The molecule has 0 saturated carbocycles. The molecule has 0 aromatic rings. The summed E-state index contributed by atoms with van der Waals surface area (Å²) in [6.45, 7) is 18.5. The van der Waals surface area contributed by atoms with E-state index in [1.54, 1.807) is 0 Å². The van der Waals surface area contributed by atoms with Crippen LogP contribution in [-0.2, 0) is 0 Å². The van der Waals surface area contributed by atoms with Crippen molar-refractivity contribution in [2.45, 2.75) is 59.0 Å². The average Bonchev–Trinajstić information content (AvgIpc) is 2.55. The van der Waals surface area contributed by atoms with E-state index >= 15 is 0 Å². The van der Waals surface area contributed by atoms with Crippen molar-refractivity contribution in [3.05, 3.63) is 0 Å². The molecular formula is C18H40N4. The minimum atomic E-state index is 0.622. The third kappa shape index (κ3) is 7.40. The molecule has 0 aromatic heterocycles. The van der Waals surface area contributed by atoms with Crippen LogP contribution in [0.5, 0.6) is 0 Å². The van der Waals surface area contributed by atoms with E-state index in [0.717, 1.165) is 12.6 Å². The Hall–Kier alpha value is -0.160. The quantitative estimate of drug-likeness (QED) is 0.758. The number of hydrogen-bond acceptors (Lipinski definition) is 4. The first-order valence-electron chi connectivity index (χ1n) is 9.53. The van der Waals surface area contributed by atoms with Gasteiger partial charge in [0.25, 0.3) is 0 Å². The summed E-state index contributed by atoms with van der Waals surface area (Å²) in [5.41, 5.74) is 0. The maximum Gasteiger partial charge on any atom is 0.0121 e. The van der Waals surface area contributed by atoms with Crippen molar-refractivity contribution in [3.63, 3.8) is 0 Å². The van der Waals surface area contributed by atoms with Gasteiger partial charge in [-0.05, 0) is 52.5 Å². The number of piperidine rings is 1. The largest absolute Gasteiger partial charge is 0.314 e. The lowest BCUT2D eigenvalue weighted by atomic mass is 10.0. The van der Waals surface area contributed by atoms with Crippen LogP contribution < -0.4 is 5.32 Å². The molecule has 0 aliphatic carbocycles. The molecule has 0 atom stereocenters. The van der Waals surface area contributed by atoms with Gasteiger partial charge in [-0.25, -0.2) is 0 Å². The predicted octanol–water partition coefficient (Wildman–Crippen LogP) is 2.11. The molecule has 2 heterocycles. The standard InChI is InChI=1S/C16H34N4.C2H6/c1-15(2)17-7-4-8-19-11-13-20(14-12-19)16-5-9-18(3)10-6-16;1-2/h15-17H,4-14H2,1-3H3;1-2H3. The average molecular weight is 313 g/mol. The Kier molecular flexibility index (Phi) is 10.3. The third-order valence-corrected chi connectivity index (χ3v) is 4.82. The van der Waals surface area contributed by atoms with Gasteiger partial charge in [-0.2, -0.15) is 0 Å².